The molecule has 3 heteroatoms. The van der Waals surface area contributed by atoms with Crippen LogP contribution in [-0.4, -0.2) is 19.5 Å². The third-order valence-electron chi connectivity index (χ3n) is 8.14. The molecule has 6 unspecified atom stereocenters. The van der Waals surface area contributed by atoms with Crippen LogP contribution in [0.15, 0.2) is 10.6 Å². The lowest BCUT2D eigenvalue weighted by atomic mass is 9.47. The fraction of sp³-hybridized carbons (Fsp3) is 0.850. The fourth-order valence-corrected chi connectivity index (χ4v) is 7.10. The lowest BCUT2D eigenvalue weighted by Crippen LogP contribution is -2.51. The van der Waals surface area contributed by atoms with Crippen molar-refractivity contribution in [1.82, 2.24) is 0 Å². The second kappa shape index (κ2) is 5.59. The van der Waals surface area contributed by atoms with E-state index in [2.05, 4.69) is 13.8 Å². The van der Waals surface area contributed by atoms with Gasteiger partial charge < -0.3 is 4.74 Å². The Bertz CT molecular complexity index is 542. The number of halogens is 1. The molecular weight excluding hydrogens is 308 g/mol. The molecular formula is C20H29ClO2. The van der Waals surface area contributed by atoms with Gasteiger partial charge in [0.05, 0.1) is 0 Å². The molecule has 2 nitrogen and oxygen atoms in total. The molecule has 6 atom stereocenters. The van der Waals surface area contributed by atoms with Gasteiger partial charge in [0.1, 0.15) is 6.29 Å². The van der Waals surface area contributed by atoms with Crippen molar-refractivity contribution in [2.75, 3.05) is 13.2 Å². The van der Waals surface area contributed by atoms with Crippen LogP contribution in [0.3, 0.4) is 0 Å². The van der Waals surface area contributed by atoms with Gasteiger partial charge in [0.25, 0.3) is 0 Å². The maximum absolute atomic E-state index is 11.4. The molecule has 0 amide bonds. The Morgan fingerprint density at radius 1 is 1.17 bits per heavy atom. The van der Waals surface area contributed by atoms with Gasteiger partial charge in [-0.3, -0.25) is 4.79 Å². The number of aldehydes is 1. The summed E-state index contributed by atoms with van der Waals surface area (Å²) in [7, 11) is 0. The van der Waals surface area contributed by atoms with Crippen molar-refractivity contribution in [1.29, 1.82) is 0 Å². The van der Waals surface area contributed by atoms with Gasteiger partial charge in [-0.2, -0.15) is 0 Å². The van der Waals surface area contributed by atoms with Gasteiger partial charge in [-0.05, 0) is 74.0 Å². The SMILES string of the molecule is CC12CCC3C(CCC4COCCCC43C)C1CC(C=O)=C2Cl. The minimum Gasteiger partial charge on any atom is -0.381 e. The number of ether oxygens (including phenoxy) is 1. The van der Waals surface area contributed by atoms with Crippen LogP contribution in [0.25, 0.3) is 0 Å². The Labute approximate surface area is 145 Å². The normalized spacial score (nSPS) is 49.9. The molecule has 0 bridgehead atoms. The van der Waals surface area contributed by atoms with E-state index in [1.165, 1.54) is 32.1 Å². The highest BCUT2D eigenvalue weighted by atomic mass is 35.5. The van der Waals surface area contributed by atoms with E-state index in [9.17, 15) is 4.79 Å². The maximum Gasteiger partial charge on any atom is 0.147 e. The summed E-state index contributed by atoms with van der Waals surface area (Å²) < 4.78 is 5.89. The Hall–Kier alpha value is -0.340. The van der Waals surface area contributed by atoms with Crippen molar-refractivity contribution in [2.24, 2.45) is 34.5 Å². The smallest absolute Gasteiger partial charge is 0.147 e. The molecule has 128 valence electrons. The van der Waals surface area contributed by atoms with Crippen molar-refractivity contribution < 1.29 is 9.53 Å². The van der Waals surface area contributed by atoms with Crippen molar-refractivity contribution in [3.8, 4) is 0 Å². The standard InChI is InChI=1S/C20H29ClO2/c1-19-7-3-9-23-12-14(19)4-5-15-16(19)6-8-20(2)17(15)10-13(11-22)18(20)21/h11,14-17H,3-10,12H2,1-2H3. The summed E-state index contributed by atoms with van der Waals surface area (Å²) in [6, 6.07) is 0. The van der Waals surface area contributed by atoms with E-state index in [1.54, 1.807) is 0 Å². The van der Waals surface area contributed by atoms with Crippen LogP contribution in [0.4, 0.5) is 0 Å². The number of hydrogen-bond donors (Lipinski definition) is 0. The minimum absolute atomic E-state index is 0.0589. The van der Waals surface area contributed by atoms with Crippen molar-refractivity contribution in [3.05, 3.63) is 10.6 Å². The lowest BCUT2D eigenvalue weighted by molar-refractivity contribution is -0.105. The zero-order chi connectivity index (χ0) is 16.2. The van der Waals surface area contributed by atoms with Gasteiger partial charge in [-0.1, -0.05) is 25.4 Å². The number of carbonyl (C=O) groups is 1. The minimum atomic E-state index is 0.0589. The van der Waals surface area contributed by atoms with Gasteiger partial charge in [-0.25, -0.2) is 0 Å². The molecule has 4 aliphatic rings. The van der Waals surface area contributed by atoms with Crippen molar-refractivity contribution >= 4 is 17.9 Å². The molecule has 0 spiro atoms. The summed E-state index contributed by atoms with van der Waals surface area (Å²) in [6.07, 6.45) is 9.46. The Morgan fingerprint density at radius 2 is 2.00 bits per heavy atom. The lowest BCUT2D eigenvalue weighted by Gasteiger charge is -2.58. The molecule has 0 aromatic heterocycles. The molecule has 1 aliphatic heterocycles. The highest BCUT2D eigenvalue weighted by molar-refractivity contribution is 6.32. The van der Waals surface area contributed by atoms with Gasteiger partial charge in [-0.15, -0.1) is 0 Å². The van der Waals surface area contributed by atoms with Crippen molar-refractivity contribution in [2.45, 2.75) is 58.8 Å². The Morgan fingerprint density at radius 3 is 2.78 bits per heavy atom. The van der Waals surface area contributed by atoms with Gasteiger partial charge in [0.2, 0.25) is 0 Å². The Kier molecular flexibility index (Phi) is 3.93. The zero-order valence-electron chi connectivity index (χ0n) is 14.4. The summed E-state index contributed by atoms with van der Waals surface area (Å²) in [5, 5.41) is 0.882. The van der Waals surface area contributed by atoms with Crippen molar-refractivity contribution in [3.63, 3.8) is 0 Å². The fourth-order valence-electron chi connectivity index (χ4n) is 6.74. The van der Waals surface area contributed by atoms with Crippen LogP contribution in [0.2, 0.25) is 0 Å². The predicted octanol–water partition coefficient (Wildman–Crippen LogP) is 4.96. The molecule has 0 radical (unpaired) electrons. The summed E-state index contributed by atoms with van der Waals surface area (Å²) in [5.74, 6) is 2.83. The van der Waals surface area contributed by atoms with Crippen LogP contribution < -0.4 is 0 Å². The van der Waals surface area contributed by atoms with Crippen LogP contribution in [-0.2, 0) is 9.53 Å². The van der Waals surface area contributed by atoms with E-state index < -0.39 is 0 Å². The third-order valence-corrected chi connectivity index (χ3v) is 8.82. The highest BCUT2D eigenvalue weighted by Gasteiger charge is 2.58. The molecule has 0 aromatic rings. The number of carbonyl (C=O) groups excluding carboxylic acids is 1. The molecule has 23 heavy (non-hydrogen) atoms. The number of hydrogen-bond acceptors (Lipinski definition) is 2. The first kappa shape index (κ1) is 16.1. The van der Waals surface area contributed by atoms with E-state index >= 15 is 0 Å². The quantitative estimate of drug-likeness (QED) is 0.633. The molecule has 0 N–H and O–H groups in total. The topological polar surface area (TPSA) is 26.3 Å². The summed E-state index contributed by atoms with van der Waals surface area (Å²) in [4.78, 5) is 11.4. The van der Waals surface area contributed by atoms with Crippen LogP contribution in [0.5, 0.6) is 0 Å². The number of rotatable bonds is 1. The van der Waals surface area contributed by atoms with Crippen LogP contribution >= 0.6 is 11.6 Å². The molecule has 4 rings (SSSR count). The second-order valence-electron chi connectivity index (χ2n) is 8.95. The largest absolute Gasteiger partial charge is 0.381 e. The average molecular weight is 337 g/mol. The van der Waals surface area contributed by atoms with E-state index in [0.717, 1.165) is 60.7 Å². The molecule has 3 aliphatic carbocycles. The third kappa shape index (κ3) is 2.20. The average Bonchev–Trinajstić information content (AvgIpc) is 2.69. The molecule has 1 saturated heterocycles. The summed E-state index contributed by atoms with van der Waals surface area (Å²) in [6.45, 7) is 6.75. The number of fused-ring (bicyclic) bond motifs is 5. The molecule has 3 fully saturated rings. The predicted molar refractivity (Wildman–Crippen MR) is 92.3 cm³/mol. The monoisotopic (exact) mass is 336 g/mol. The first-order chi connectivity index (χ1) is 11.0. The first-order valence-corrected chi connectivity index (χ1v) is 9.80. The highest BCUT2D eigenvalue weighted by Crippen LogP contribution is 2.66. The van der Waals surface area contributed by atoms with Crippen LogP contribution in [0.1, 0.15) is 58.8 Å². The molecule has 0 aromatic carbocycles. The van der Waals surface area contributed by atoms with E-state index in [1.807, 2.05) is 0 Å². The van der Waals surface area contributed by atoms with Gasteiger partial charge >= 0.3 is 0 Å². The summed E-state index contributed by atoms with van der Waals surface area (Å²) >= 11 is 6.65. The van der Waals surface area contributed by atoms with E-state index in [0.29, 0.717) is 11.3 Å². The zero-order valence-corrected chi connectivity index (χ0v) is 15.2. The summed E-state index contributed by atoms with van der Waals surface area (Å²) in [5.41, 5.74) is 1.37. The van der Waals surface area contributed by atoms with E-state index in [-0.39, 0.29) is 5.41 Å². The van der Waals surface area contributed by atoms with E-state index in [4.69, 9.17) is 16.3 Å². The Balaban J connectivity index is 1.66. The number of allylic oxidation sites excluding steroid dienone is 2. The first-order valence-electron chi connectivity index (χ1n) is 9.43. The molecule has 2 saturated carbocycles. The maximum atomic E-state index is 11.4. The molecule has 1 heterocycles. The van der Waals surface area contributed by atoms with Crippen LogP contribution in [0, 0.1) is 34.5 Å². The van der Waals surface area contributed by atoms with Gasteiger partial charge in [0.15, 0.2) is 0 Å². The second-order valence-corrected chi connectivity index (χ2v) is 9.33. The van der Waals surface area contributed by atoms with Gasteiger partial charge in [0, 0.05) is 29.2 Å².